The molecule has 194 valence electrons. The average molecular weight is 584 g/mol. The summed E-state index contributed by atoms with van der Waals surface area (Å²) in [6.45, 7) is 0.0416. The Hall–Kier alpha value is -2.64. The lowest BCUT2D eigenvalue weighted by molar-refractivity contribution is -0.139. The maximum Gasteiger partial charge on any atom is 0.243 e. The fourth-order valence-electron chi connectivity index (χ4n) is 4.65. The van der Waals surface area contributed by atoms with Gasteiger partial charge in [-0.3, -0.25) is 9.59 Å². The van der Waals surface area contributed by atoms with Crippen LogP contribution in [0.2, 0.25) is 0 Å². The van der Waals surface area contributed by atoms with Gasteiger partial charge >= 0.3 is 0 Å². The van der Waals surface area contributed by atoms with E-state index in [0.29, 0.717) is 17.7 Å². The molecule has 0 spiro atoms. The zero-order valence-corrected chi connectivity index (χ0v) is 23.1. The van der Waals surface area contributed by atoms with Crippen LogP contribution in [0.5, 0.6) is 0 Å². The van der Waals surface area contributed by atoms with Gasteiger partial charge in [-0.25, -0.2) is 4.39 Å². The molecule has 1 unspecified atom stereocenters. The standard InChI is InChI=1S/C30H32BrFN2O2S/c31-25-16-14-23(15-17-25)20-37-21-29(35)34(19-24-10-4-7-13-27(24)32)28(18-22-8-2-1-3-9-22)30(36)33-26-11-5-6-12-26/h1-4,7-10,13-17,26,28H,5-6,11-12,18-21H2,(H,33,36). The van der Waals surface area contributed by atoms with Gasteiger partial charge in [0.05, 0.1) is 5.75 Å². The summed E-state index contributed by atoms with van der Waals surface area (Å²) in [4.78, 5) is 28.9. The van der Waals surface area contributed by atoms with E-state index in [-0.39, 0.29) is 36.0 Å². The summed E-state index contributed by atoms with van der Waals surface area (Å²) < 4.78 is 15.7. The molecule has 0 radical (unpaired) electrons. The third-order valence-corrected chi connectivity index (χ3v) is 8.20. The fraction of sp³-hybridized carbons (Fsp3) is 0.333. The van der Waals surface area contributed by atoms with E-state index in [9.17, 15) is 14.0 Å². The highest BCUT2D eigenvalue weighted by Gasteiger charge is 2.32. The van der Waals surface area contributed by atoms with E-state index < -0.39 is 6.04 Å². The van der Waals surface area contributed by atoms with Gasteiger partial charge < -0.3 is 10.2 Å². The monoisotopic (exact) mass is 582 g/mol. The Balaban J connectivity index is 1.56. The summed E-state index contributed by atoms with van der Waals surface area (Å²) in [7, 11) is 0. The molecule has 0 bridgehead atoms. The van der Waals surface area contributed by atoms with Crippen LogP contribution >= 0.6 is 27.7 Å². The smallest absolute Gasteiger partial charge is 0.243 e. The number of nitrogens with one attached hydrogen (secondary N) is 1. The molecule has 0 aliphatic heterocycles. The van der Waals surface area contributed by atoms with Crippen LogP contribution in [0.1, 0.15) is 42.4 Å². The summed E-state index contributed by atoms with van der Waals surface area (Å²) in [5.74, 6) is 0.153. The van der Waals surface area contributed by atoms with E-state index >= 15 is 0 Å². The molecule has 1 N–H and O–H groups in total. The number of halogens is 2. The lowest BCUT2D eigenvalue weighted by Crippen LogP contribution is -2.52. The van der Waals surface area contributed by atoms with E-state index in [1.807, 2.05) is 54.6 Å². The SMILES string of the molecule is O=C(NC1CCCC1)C(Cc1ccccc1)N(Cc1ccccc1F)C(=O)CSCc1ccc(Br)cc1. The third kappa shape index (κ3) is 8.17. The van der Waals surface area contributed by atoms with Crippen LogP contribution in [0.4, 0.5) is 4.39 Å². The average Bonchev–Trinajstić information content (AvgIpc) is 3.42. The first-order valence-electron chi connectivity index (χ1n) is 12.7. The minimum absolute atomic E-state index is 0.0416. The minimum atomic E-state index is -0.733. The second kappa shape index (κ2) is 13.8. The first-order valence-corrected chi connectivity index (χ1v) is 14.6. The summed E-state index contributed by atoms with van der Waals surface area (Å²) in [5.41, 5.74) is 2.48. The topological polar surface area (TPSA) is 49.4 Å². The Morgan fingerprint density at radius 3 is 2.32 bits per heavy atom. The predicted molar refractivity (Wildman–Crippen MR) is 152 cm³/mol. The number of benzene rings is 3. The zero-order chi connectivity index (χ0) is 26.0. The molecule has 1 atom stereocenters. The van der Waals surface area contributed by atoms with Crippen LogP contribution in [-0.2, 0) is 28.3 Å². The van der Waals surface area contributed by atoms with Crippen LogP contribution in [0.3, 0.4) is 0 Å². The highest BCUT2D eigenvalue weighted by molar-refractivity contribution is 9.10. The normalized spacial score (nSPS) is 14.3. The third-order valence-electron chi connectivity index (χ3n) is 6.68. The summed E-state index contributed by atoms with van der Waals surface area (Å²) >= 11 is 4.94. The number of carbonyl (C=O) groups is 2. The quantitative estimate of drug-likeness (QED) is 0.280. The van der Waals surface area contributed by atoms with Crippen molar-refractivity contribution in [1.29, 1.82) is 0 Å². The predicted octanol–water partition coefficient (Wildman–Crippen LogP) is 6.52. The second-order valence-corrected chi connectivity index (χ2v) is 11.3. The van der Waals surface area contributed by atoms with Gasteiger partial charge in [0.15, 0.2) is 0 Å². The molecule has 1 fully saturated rings. The number of hydrogen-bond acceptors (Lipinski definition) is 3. The molecule has 3 aromatic rings. The second-order valence-electron chi connectivity index (χ2n) is 9.43. The molecule has 4 rings (SSSR count). The van der Waals surface area contributed by atoms with E-state index in [1.165, 1.54) is 17.8 Å². The Kier molecular flexibility index (Phi) is 10.2. The van der Waals surface area contributed by atoms with Crippen LogP contribution in [0.25, 0.3) is 0 Å². The van der Waals surface area contributed by atoms with Gasteiger partial charge in [-0.15, -0.1) is 11.8 Å². The molecule has 0 heterocycles. The molecule has 7 heteroatoms. The van der Waals surface area contributed by atoms with Crippen molar-refractivity contribution in [3.05, 3.63) is 106 Å². The molecule has 1 saturated carbocycles. The van der Waals surface area contributed by atoms with Gasteiger partial charge in [0.25, 0.3) is 0 Å². The van der Waals surface area contributed by atoms with Gasteiger partial charge in [0.1, 0.15) is 11.9 Å². The van der Waals surface area contributed by atoms with Gasteiger partial charge in [-0.1, -0.05) is 89.4 Å². The van der Waals surface area contributed by atoms with Crippen molar-refractivity contribution in [2.24, 2.45) is 0 Å². The van der Waals surface area contributed by atoms with Crippen LogP contribution < -0.4 is 5.32 Å². The van der Waals surface area contributed by atoms with Crippen molar-refractivity contribution in [3.8, 4) is 0 Å². The molecule has 0 saturated heterocycles. The van der Waals surface area contributed by atoms with E-state index in [0.717, 1.165) is 41.3 Å². The van der Waals surface area contributed by atoms with Crippen LogP contribution in [0, 0.1) is 5.82 Å². The zero-order valence-electron chi connectivity index (χ0n) is 20.7. The first kappa shape index (κ1) is 27.4. The van der Waals surface area contributed by atoms with Crippen molar-refractivity contribution in [3.63, 3.8) is 0 Å². The largest absolute Gasteiger partial charge is 0.352 e. The van der Waals surface area contributed by atoms with Crippen molar-refractivity contribution in [2.75, 3.05) is 5.75 Å². The summed E-state index contributed by atoms with van der Waals surface area (Å²) in [6.07, 6.45) is 4.47. The van der Waals surface area contributed by atoms with Crippen molar-refractivity contribution >= 4 is 39.5 Å². The number of amides is 2. The van der Waals surface area contributed by atoms with Crippen molar-refractivity contribution in [1.82, 2.24) is 10.2 Å². The van der Waals surface area contributed by atoms with Crippen LogP contribution in [-0.4, -0.2) is 34.6 Å². The molecule has 4 nitrogen and oxygen atoms in total. The number of nitrogens with zero attached hydrogens (tertiary/aromatic N) is 1. The molecular formula is C30H32BrFN2O2S. The molecular weight excluding hydrogens is 551 g/mol. The number of carbonyl (C=O) groups excluding carboxylic acids is 2. The van der Waals surface area contributed by atoms with Gasteiger partial charge in [-0.2, -0.15) is 0 Å². The molecule has 3 aromatic carbocycles. The highest BCUT2D eigenvalue weighted by Crippen LogP contribution is 2.22. The number of rotatable bonds is 11. The lowest BCUT2D eigenvalue weighted by atomic mass is 10.0. The molecule has 2 amide bonds. The fourth-order valence-corrected chi connectivity index (χ4v) is 5.79. The Morgan fingerprint density at radius 1 is 0.946 bits per heavy atom. The van der Waals surface area contributed by atoms with Crippen molar-refractivity contribution < 1.29 is 14.0 Å². The van der Waals surface area contributed by atoms with Gasteiger partial charge in [-0.05, 0) is 42.2 Å². The minimum Gasteiger partial charge on any atom is -0.352 e. The van der Waals surface area contributed by atoms with Gasteiger partial charge in [0.2, 0.25) is 11.8 Å². The van der Waals surface area contributed by atoms with E-state index in [2.05, 4.69) is 21.2 Å². The first-order chi connectivity index (χ1) is 18.0. The summed E-state index contributed by atoms with van der Waals surface area (Å²) in [6, 6.07) is 23.6. The lowest BCUT2D eigenvalue weighted by Gasteiger charge is -2.32. The maximum absolute atomic E-state index is 14.7. The Morgan fingerprint density at radius 2 is 1.62 bits per heavy atom. The number of thioether (sulfide) groups is 1. The van der Waals surface area contributed by atoms with E-state index in [1.54, 1.807) is 23.1 Å². The highest BCUT2D eigenvalue weighted by atomic mass is 79.9. The molecule has 0 aromatic heterocycles. The maximum atomic E-state index is 14.7. The van der Waals surface area contributed by atoms with Crippen molar-refractivity contribution in [2.45, 2.75) is 56.5 Å². The Labute approximate surface area is 231 Å². The number of hydrogen-bond donors (Lipinski definition) is 1. The van der Waals surface area contributed by atoms with Crippen LogP contribution in [0.15, 0.2) is 83.3 Å². The van der Waals surface area contributed by atoms with E-state index in [4.69, 9.17) is 0 Å². The molecule has 1 aliphatic carbocycles. The molecule has 1 aliphatic rings. The Bertz CT molecular complexity index is 1170. The summed E-state index contributed by atoms with van der Waals surface area (Å²) in [5, 5.41) is 3.18. The molecule has 37 heavy (non-hydrogen) atoms. The van der Waals surface area contributed by atoms with Gasteiger partial charge in [0, 0.05) is 34.8 Å².